The lowest BCUT2D eigenvalue weighted by Crippen LogP contribution is -2.69. The van der Waals surface area contributed by atoms with E-state index in [9.17, 15) is 50.4 Å². The van der Waals surface area contributed by atoms with Crippen molar-refractivity contribution >= 4 is 11.8 Å². The van der Waals surface area contributed by atoms with Crippen LogP contribution in [0.2, 0.25) is 0 Å². The Bertz CT molecular complexity index is 915. The molecule has 11 N–H and O–H groups in total. The lowest BCUT2D eigenvalue weighted by atomic mass is 9.94. The molecular formula is C22H37N3O15. The molecule has 0 aliphatic carbocycles. The van der Waals surface area contributed by atoms with E-state index in [0.717, 1.165) is 6.92 Å². The van der Waals surface area contributed by atoms with Crippen LogP contribution in [0.4, 0.5) is 0 Å². The molecular weight excluding hydrogens is 546 g/mol. The Labute approximate surface area is 227 Å². The van der Waals surface area contributed by atoms with Crippen LogP contribution >= 0.6 is 0 Å². The summed E-state index contributed by atoms with van der Waals surface area (Å²) in [5, 5.41) is 89.8. The van der Waals surface area contributed by atoms with E-state index >= 15 is 0 Å². The fourth-order valence-electron chi connectivity index (χ4n) is 5.28. The second-order valence-electron chi connectivity index (χ2n) is 10.2. The number of carbonyl (C=O) groups excluding carboxylic acids is 2. The standard InChI is InChI=1S/C22H37N3O15/c1-6(29)23-11-13(32)16(39-20-15(34)14(33)12(31)8(3-26)36-20)9(4-27)37-19(11)40-17-10(5-28)38-21-22(25-21,18(17)35)24-7(2)30/h8-21,25-28,31-35H,3-5H2,1-2H3,(H,23,29)(H,24,30)/t8-,9-,10-,11-,12-,13-,14+,15+,16-,17-,18+,19+,20-,21+,22+/m1/s1. The summed E-state index contributed by atoms with van der Waals surface area (Å²) >= 11 is 0. The van der Waals surface area contributed by atoms with E-state index < -0.39 is 123 Å². The Balaban J connectivity index is 1.55. The molecule has 4 fully saturated rings. The highest BCUT2D eigenvalue weighted by Crippen LogP contribution is 2.40. The molecule has 18 heteroatoms. The van der Waals surface area contributed by atoms with Crippen LogP contribution in [-0.4, -0.2) is 164 Å². The van der Waals surface area contributed by atoms with Gasteiger partial charge in [0.05, 0.1) is 19.8 Å². The van der Waals surface area contributed by atoms with Crippen LogP contribution in [-0.2, 0) is 33.3 Å². The van der Waals surface area contributed by atoms with Gasteiger partial charge in [0.2, 0.25) is 11.8 Å². The van der Waals surface area contributed by atoms with Crippen molar-refractivity contribution in [1.29, 1.82) is 0 Å². The molecule has 0 unspecified atom stereocenters. The predicted molar refractivity (Wildman–Crippen MR) is 124 cm³/mol. The molecule has 4 aliphatic rings. The van der Waals surface area contributed by atoms with Crippen molar-refractivity contribution < 1.29 is 74.1 Å². The van der Waals surface area contributed by atoms with E-state index in [4.69, 9.17) is 23.7 Å². The molecule has 40 heavy (non-hydrogen) atoms. The van der Waals surface area contributed by atoms with Crippen molar-refractivity contribution in [2.75, 3.05) is 19.8 Å². The van der Waals surface area contributed by atoms with Crippen LogP contribution < -0.4 is 16.0 Å². The normalized spacial score (nSPS) is 48.6. The van der Waals surface area contributed by atoms with Gasteiger partial charge in [-0.2, -0.15) is 0 Å². The van der Waals surface area contributed by atoms with Gasteiger partial charge < -0.3 is 75.2 Å². The summed E-state index contributed by atoms with van der Waals surface area (Å²) in [4.78, 5) is 23.7. The molecule has 4 saturated heterocycles. The molecule has 4 rings (SSSR count). The minimum atomic E-state index is -1.83. The Kier molecular flexibility index (Phi) is 9.64. The van der Waals surface area contributed by atoms with Crippen molar-refractivity contribution in [2.24, 2.45) is 0 Å². The minimum absolute atomic E-state index is 0.493. The van der Waals surface area contributed by atoms with E-state index in [-0.39, 0.29) is 0 Å². The van der Waals surface area contributed by atoms with Crippen molar-refractivity contribution in [2.45, 2.75) is 105 Å². The third-order valence-electron chi connectivity index (χ3n) is 7.37. The number of aliphatic hydroxyl groups excluding tert-OH is 8. The minimum Gasteiger partial charge on any atom is -0.394 e. The van der Waals surface area contributed by atoms with Crippen LogP contribution in [0.15, 0.2) is 0 Å². The van der Waals surface area contributed by atoms with E-state index in [0.29, 0.717) is 0 Å². The molecule has 4 aliphatic heterocycles. The van der Waals surface area contributed by atoms with Gasteiger partial charge in [-0.15, -0.1) is 0 Å². The predicted octanol–water partition coefficient (Wildman–Crippen LogP) is -7.35. The van der Waals surface area contributed by atoms with E-state index in [2.05, 4.69) is 16.0 Å². The zero-order valence-corrected chi connectivity index (χ0v) is 21.6. The molecule has 0 radical (unpaired) electrons. The van der Waals surface area contributed by atoms with Gasteiger partial charge in [0.1, 0.15) is 73.3 Å². The molecule has 0 bridgehead atoms. The summed E-state index contributed by atoms with van der Waals surface area (Å²) in [7, 11) is 0. The van der Waals surface area contributed by atoms with E-state index in [1.807, 2.05) is 0 Å². The SMILES string of the molecule is CC(=O)N[C@H]1[C@H](O[C@@H]2[C@@H](CO)O[C@@H]3N[C@@]3(NC(C)=O)[C@H]2O)O[C@H](CO)[C@@H](O[C@H]2O[C@H](CO)[C@@H](O)[C@H](O)[C@@H]2O)[C@@H]1O. The molecule has 4 heterocycles. The number of ether oxygens (including phenoxy) is 5. The maximum atomic E-state index is 12.0. The summed E-state index contributed by atoms with van der Waals surface area (Å²) in [5.74, 6) is -1.14. The van der Waals surface area contributed by atoms with Gasteiger partial charge in [-0.05, 0) is 0 Å². The number of rotatable bonds is 9. The molecule has 230 valence electrons. The fraction of sp³-hybridized carbons (Fsp3) is 0.909. The number of hydrogen-bond acceptors (Lipinski definition) is 16. The summed E-state index contributed by atoms with van der Waals surface area (Å²) in [6.45, 7) is 0.201. The molecule has 2 amide bonds. The summed E-state index contributed by atoms with van der Waals surface area (Å²) < 4.78 is 28.3. The Hall–Kier alpha value is -1.62. The number of nitrogens with one attached hydrogen (secondary N) is 3. The molecule has 0 aromatic heterocycles. The first-order valence-electron chi connectivity index (χ1n) is 12.7. The third-order valence-corrected chi connectivity index (χ3v) is 7.37. The van der Waals surface area contributed by atoms with Gasteiger partial charge >= 0.3 is 0 Å². The van der Waals surface area contributed by atoms with Gasteiger partial charge in [0.15, 0.2) is 18.2 Å². The van der Waals surface area contributed by atoms with Crippen LogP contribution in [0.1, 0.15) is 13.8 Å². The summed E-state index contributed by atoms with van der Waals surface area (Å²) in [6.07, 6.45) is -19.4. The quantitative estimate of drug-likeness (QED) is 0.112. The van der Waals surface area contributed by atoms with E-state index in [1.165, 1.54) is 6.92 Å². The molecule has 0 spiro atoms. The van der Waals surface area contributed by atoms with Gasteiger partial charge in [-0.25, -0.2) is 0 Å². The average molecular weight is 584 g/mol. The van der Waals surface area contributed by atoms with Crippen molar-refractivity contribution in [3.63, 3.8) is 0 Å². The van der Waals surface area contributed by atoms with Gasteiger partial charge in [-0.3, -0.25) is 14.9 Å². The van der Waals surface area contributed by atoms with Crippen molar-refractivity contribution in [3.05, 3.63) is 0 Å². The first-order chi connectivity index (χ1) is 18.9. The highest BCUT2D eigenvalue weighted by molar-refractivity contribution is 5.74. The Morgan fingerprint density at radius 1 is 0.750 bits per heavy atom. The van der Waals surface area contributed by atoms with Gasteiger partial charge in [0, 0.05) is 13.8 Å². The third kappa shape index (κ3) is 5.83. The van der Waals surface area contributed by atoms with Crippen LogP contribution in [0.5, 0.6) is 0 Å². The van der Waals surface area contributed by atoms with Crippen molar-refractivity contribution in [3.8, 4) is 0 Å². The summed E-state index contributed by atoms with van der Waals surface area (Å²) in [6, 6.07) is -1.43. The maximum Gasteiger partial charge on any atom is 0.218 e. The van der Waals surface area contributed by atoms with Gasteiger partial charge in [-0.1, -0.05) is 0 Å². The first-order valence-corrected chi connectivity index (χ1v) is 12.7. The van der Waals surface area contributed by atoms with Crippen LogP contribution in [0.25, 0.3) is 0 Å². The molecule has 15 atom stereocenters. The smallest absolute Gasteiger partial charge is 0.218 e. The average Bonchev–Trinajstić information content (AvgIpc) is 3.61. The second-order valence-corrected chi connectivity index (χ2v) is 10.2. The topological polar surface area (TPSA) is 288 Å². The molecule has 18 nitrogen and oxygen atoms in total. The zero-order chi connectivity index (χ0) is 29.5. The first kappa shape index (κ1) is 31.3. The highest BCUT2D eigenvalue weighted by Gasteiger charge is 2.69. The second kappa shape index (κ2) is 12.3. The maximum absolute atomic E-state index is 12.0. The number of carbonyl (C=O) groups is 2. The van der Waals surface area contributed by atoms with Crippen LogP contribution in [0, 0.1) is 0 Å². The fourth-order valence-corrected chi connectivity index (χ4v) is 5.28. The number of aliphatic hydroxyl groups is 8. The highest BCUT2D eigenvalue weighted by atomic mass is 16.7. The monoisotopic (exact) mass is 583 g/mol. The van der Waals surface area contributed by atoms with Gasteiger partial charge in [0.25, 0.3) is 0 Å². The number of amides is 2. The lowest BCUT2D eigenvalue weighted by Gasteiger charge is -2.48. The Morgan fingerprint density at radius 3 is 1.90 bits per heavy atom. The van der Waals surface area contributed by atoms with E-state index in [1.54, 1.807) is 0 Å². The number of fused-ring (bicyclic) bond motifs is 1. The van der Waals surface area contributed by atoms with Crippen molar-refractivity contribution in [1.82, 2.24) is 16.0 Å². The molecule has 0 saturated carbocycles. The Morgan fingerprint density at radius 2 is 1.32 bits per heavy atom. The molecule has 0 aromatic carbocycles. The number of hydrogen-bond donors (Lipinski definition) is 11. The molecule has 0 aromatic rings. The lowest BCUT2D eigenvalue weighted by molar-refractivity contribution is -0.356. The largest absolute Gasteiger partial charge is 0.394 e. The van der Waals surface area contributed by atoms with Crippen LogP contribution in [0.3, 0.4) is 0 Å². The summed E-state index contributed by atoms with van der Waals surface area (Å²) in [5.41, 5.74) is -1.43. The zero-order valence-electron chi connectivity index (χ0n) is 21.6.